The Morgan fingerprint density at radius 1 is 1.31 bits per heavy atom. The van der Waals surface area contributed by atoms with E-state index >= 15 is 0 Å². The van der Waals surface area contributed by atoms with Crippen LogP contribution in [-0.4, -0.2) is 5.29 Å². The maximum Gasteiger partial charge on any atom is 0.00958 e. The first-order valence-corrected chi connectivity index (χ1v) is 5.89. The molecule has 68 valence electrons. The molecule has 13 heavy (non-hydrogen) atoms. The van der Waals surface area contributed by atoms with E-state index in [1.54, 1.807) is 5.57 Å². The molecule has 0 spiro atoms. The second-order valence-corrected chi connectivity index (χ2v) is 5.07. The molecule has 2 aliphatic rings. The van der Waals surface area contributed by atoms with Gasteiger partial charge in [-0.2, -0.15) is 0 Å². The normalized spacial score (nSPS) is 20.5. The predicted octanol–water partition coefficient (Wildman–Crippen LogP) is 4.08. The van der Waals surface area contributed by atoms with Crippen molar-refractivity contribution in [1.29, 1.82) is 0 Å². The number of allylic oxidation sites excluding steroid dienone is 6. The Kier molecular flexibility index (Phi) is 2.51. The van der Waals surface area contributed by atoms with Crippen LogP contribution in [0.15, 0.2) is 34.7 Å². The number of rotatable bonds is 3. The van der Waals surface area contributed by atoms with E-state index in [1.807, 2.05) is 0 Å². The lowest BCUT2D eigenvalue weighted by Crippen LogP contribution is -1.87. The van der Waals surface area contributed by atoms with Crippen molar-refractivity contribution < 1.29 is 0 Å². The highest BCUT2D eigenvalue weighted by Crippen LogP contribution is 2.35. The monoisotopic (exact) mass is 190 g/mol. The topological polar surface area (TPSA) is 0 Å². The van der Waals surface area contributed by atoms with Gasteiger partial charge in [0.05, 0.1) is 0 Å². The van der Waals surface area contributed by atoms with Gasteiger partial charge < -0.3 is 0 Å². The Labute approximate surface area is 81.8 Å². The molecule has 0 radical (unpaired) electrons. The number of unbranched alkanes of at least 4 members (excludes halogenated alkanes) is 1. The fourth-order valence-electron chi connectivity index (χ4n) is 1.80. The van der Waals surface area contributed by atoms with Crippen LogP contribution in [-0.2, 0) is 0 Å². The van der Waals surface area contributed by atoms with Gasteiger partial charge in [-0.05, 0) is 48.4 Å². The van der Waals surface area contributed by atoms with Crippen molar-refractivity contribution in [2.75, 3.05) is 0 Å². The number of hydrogen-bond acceptors (Lipinski definition) is 0. The van der Waals surface area contributed by atoms with E-state index in [2.05, 4.69) is 32.1 Å². The molecule has 1 heterocycles. The Bertz CT molecular complexity index is 340. The average molecular weight is 190 g/mol. The van der Waals surface area contributed by atoms with E-state index in [9.17, 15) is 0 Å². The van der Waals surface area contributed by atoms with Crippen molar-refractivity contribution in [2.24, 2.45) is 0 Å². The van der Waals surface area contributed by atoms with Gasteiger partial charge in [0.1, 0.15) is 0 Å². The highest BCUT2D eigenvalue weighted by molar-refractivity contribution is 7.47. The van der Waals surface area contributed by atoms with Crippen molar-refractivity contribution in [3.05, 3.63) is 34.7 Å². The van der Waals surface area contributed by atoms with E-state index in [-0.39, 0.29) is 0 Å². The SMILES string of the molecule is CCCCC1=C2C=C(C)P=C2C=C1. The van der Waals surface area contributed by atoms with Gasteiger partial charge in [-0.3, -0.25) is 0 Å². The summed E-state index contributed by atoms with van der Waals surface area (Å²) in [6.07, 6.45) is 10.8. The van der Waals surface area contributed by atoms with Gasteiger partial charge in [0.25, 0.3) is 0 Å². The van der Waals surface area contributed by atoms with Crippen LogP contribution in [0.25, 0.3) is 0 Å². The second kappa shape index (κ2) is 3.64. The highest BCUT2D eigenvalue weighted by atomic mass is 31.1. The zero-order valence-corrected chi connectivity index (χ0v) is 9.20. The summed E-state index contributed by atoms with van der Waals surface area (Å²) >= 11 is 0. The van der Waals surface area contributed by atoms with Crippen molar-refractivity contribution in [3.8, 4) is 0 Å². The first kappa shape index (κ1) is 8.97. The Morgan fingerprint density at radius 2 is 2.15 bits per heavy atom. The van der Waals surface area contributed by atoms with Gasteiger partial charge in [-0.1, -0.05) is 27.6 Å². The van der Waals surface area contributed by atoms with E-state index in [4.69, 9.17) is 0 Å². The Morgan fingerprint density at radius 3 is 2.92 bits per heavy atom. The van der Waals surface area contributed by atoms with E-state index in [1.165, 1.54) is 43.6 Å². The molecular weight excluding hydrogens is 175 g/mol. The van der Waals surface area contributed by atoms with E-state index in [0.717, 1.165) is 0 Å². The third kappa shape index (κ3) is 1.69. The summed E-state index contributed by atoms with van der Waals surface area (Å²) in [5, 5.41) is 3.01. The standard InChI is InChI=1S/C12H15P/c1-3-4-5-10-6-7-12-11(10)8-9(2)13-12/h6-8H,3-5H2,1-2H3. The quantitative estimate of drug-likeness (QED) is 0.588. The van der Waals surface area contributed by atoms with Gasteiger partial charge in [-0.15, -0.1) is 0 Å². The predicted molar refractivity (Wildman–Crippen MR) is 61.4 cm³/mol. The third-order valence-corrected chi connectivity index (χ3v) is 3.63. The van der Waals surface area contributed by atoms with Crippen LogP contribution >= 0.6 is 8.20 Å². The number of hydrogen-bond donors (Lipinski definition) is 0. The molecule has 1 aliphatic heterocycles. The summed E-state index contributed by atoms with van der Waals surface area (Å²) < 4.78 is 0. The maximum absolute atomic E-state index is 2.35. The van der Waals surface area contributed by atoms with Gasteiger partial charge in [-0.25, -0.2) is 0 Å². The summed E-state index contributed by atoms with van der Waals surface area (Å²) in [6, 6.07) is 0. The lowest BCUT2D eigenvalue weighted by Gasteiger charge is -2.00. The summed E-state index contributed by atoms with van der Waals surface area (Å²) in [4.78, 5) is 0. The summed E-state index contributed by atoms with van der Waals surface area (Å²) in [7, 11) is 1.42. The zero-order chi connectivity index (χ0) is 9.26. The fraction of sp³-hybridized carbons (Fsp3) is 0.417. The minimum absolute atomic E-state index is 1.26. The maximum atomic E-state index is 2.35. The molecule has 1 aliphatic carbocycles. The van der Waals surface area contributed by atoms with Crippen LogP contribution < -0.4 is 0 Å². The highest BCUT2D eigenvalue weighted by Gasteiger charge is 2.16. The van der Waals surface area contributed by atoms with Crippen LogP contribution in [0.4, 0.5) is 0 Å². The van der Waals surface area contributed by atoms with Crippen LogP contribution in [0.2, 0.25) is 0 Å². The van der Waals surface area contributed by atoms with Crippen LogP contribution in [0, 0.1) is 0 Å². The molecule has 0 aromatic heterocycles. The van der Waals surface area contributed by atoms with Gasteiger partial charge in [0.15, 0.2) is 0 Å². The van der Waals surface area contributed by atoms with Crippen molar-refractivity contribution in [1.82, 2.24) is 0 Å². The van der Waals surface area contributed by atoms with E-state index in [0.29, 0.717) is 0 Å². The van der Waals surface area contributed by atoms with Crippen molar-refractivity contribution >= 4 is 13.5 Å². The minimum atomic E-state index is 1.26. The van der Waals surface area contributed by atoms with Crippen molar-refractivity contribution in [3.63, 3.8) is 0 Å². The van der Waals surface area contributed by atoms with Crippen LogP contribution in [0.3, 0.4) is 0 Å². The zero-order valence-electron chi connectivity index (χ0n) is 8.30. The van der Waals surface area contributed by atoms with Gasteiger partial charge in [0.2, 0.25) is 0 Å². The molecule has 0 saturated carbocycles. The lowest BCUT2D eigenvalue weighted by molar-refractivity contribution is 0.797. The Balaban J connectivity index is 2.20. The fourth-order valence-corrected chi connectivity index (χ4v) is 2.86. The summed E-state index contributed by atoms with van der Waals surface area (Å²) in [6.45, 7) is 4.47. The number of fused-ring (bicyclic) bond motifs is 1. The van der Waals surface area contributed by atoms with Gasteiger partial charge >= 0.3 is 0 Å². The lowest BCUT2D eigenvalue weighted by atomic mass is 10.0. The molecule has 0 saturated heterocycles. The smallest absolute Gasteiger partial charge is 0.00958 e. The molecule has 2 rings (SSSR count). The van der Waals surface area contributed by atoms with E-state index < -0.39 is 0 Å². The third-order valence-electron chi connectivity index (χ3n) is 2.51. The first-order valence-electron chi connectivity index (χ1n) is 5.00. The molecule has 0 aromatic rings. The molecule has 1 heteroatoms. The molecule has 0 N–H and O–H groups in total. The largest absolute Gasteiger partial charge is 0.0654 e. The first-order chi connectivity index (χ1) is 6.31. The molecule has 0 aromatic carbocycles. The van der Waals surface area contributed by atoms with Crippen LogP contribution in [0.1, 0.15) is 33.1 Å². The summed E-state index contributed by atoms with van der Waals surface area (Å²) in [5.41, 5.74) is 3.08. The molecule has 0 amide bonds. The molecule has 0 bridgehead atoms. The van der Waals surface area contributed by atoms with Crippen molar-refractivity contribution in [2.45, 2.75) is 33.1 Å². The second-order valence-electron chi connectivity index (χ2n) is 3.66. The molecular formula is C12H15P. The molecule has 0 fully saturated rings. The Hall–Kier alpha value is -0.610. The average Bonchev–Trinajstić information content (AvgIpc) is 2.61. The van der Waals surface area contributed by atoms with Crippen LogP contribution in [0.5, 0.6) is 0 Å². The van der Waals surface area contributed by atoms with Gasteiger partial charge in [0, 0.05) is 5.29 Å². The summed E-state index contributed by atoms with van der Waals surface area (Å²) in [5.74, 6) is 0. The molecule has 0 nitrogen and oxygen atoms in total. The molecule has 0 atom stereocenters. The minimum Gasteiger partial charge on any atom is -0.0654 e. The molecule has 0 unspecified atom stereocenters.